The molecule has 2 atom stereocenters. The summed E-state index contributed by atoms with van der Waals surface area (Å²) >= 11 is 0. The van der Waals surface area contributed by atoms with Crippen LogP contribution in [0.4, 0.5) is 4.79 Å². The Bertz CT molecular complexity index is 369. The van der Waals surface area contributed by atoms with E-state index in [0.29, 0.717) is 0 Å². The lowest BCUT2D eigenvalue weighted by Crippen LogP contribution is -2.52. The molecule has 1 N–H and O–H groups in total. The molecule has 1 aliphatic rings. The van der Waals surface area contributed by atoms with Crippen LogP contribution in [0.15, 0.2) is 0 Å². The fourth-order valence-corrected chi connectivity index (χ4v) is 2.61. The summed E-state index contributed by atoms with van der Waals surface area (Å²) in [6.45, 7) is 11.1. The fraction of sp³-hybridized carbons (Fsp3) is 0.882. The molecule has 1 aliphatic heterocycles. The average Bonchev–Trinajstić information content (AvgIpc) is 2.70. The number of likely N-dealkylation sites (tertiary alicyclic amines) is 1. The molecule has 1 rings (SSSR count). The predicted octanol–water partition coefficient (Wildman–Crippen LogP) is 3.33. The first-order valence-electron chi connectivity index (χ1n) is 8.53. The highest BCUT2D eigenvalue weighted by Crippen LogP contribution is 2.16. The Balaban J connectivity index is 2.74. The quantitative estimate of drug-likeness (QED) is 0.866. The van der Waals surface area contributed by atoms with E-state index >= 15 is 0 Å². The van der Waals surface area contributed by atoms with Crippen LogP contribution in [-0.2, 0) is 9.53 Å². The molecule has 0 aliphatic carbocycles. The number of hydrogen-bond acceptors (Lipinski definition) is 3. The molecular weight excluding hydrogens is 280 g/mol. The third kappa shape index (κ3) is 6.24. The molecule has 0 bridgehead atoms. The first-order valence-corrected chi connectivity index (χ1v) is 8.53. The maximum atomic E-state index is 12.8. The lowest BCUT2D eigenvalue weighted by atomic mass is 9.98. The number of nitrogens with zero attached hydrogens (tertiary/aromatic N) is 1. The van der Waals surface area contributed by atoms with Crippen molar-refractivity contribution in [3.05, 3.63) is 0 Å². The molecule has 0 aromatic carbocycles. The summed E-state index contributed by atoms with van der Waals surface area (Å²) in [6.07, 6.45) is 4.77. The molecule has 0 radical (unpaired) electrons. The molecule has 5 heteroatoms. The van der Waals surface area contributed by atoms with Crippen LogP contribution in [0.3, 0.4) is 0 Å². The zero-order valence-electron chi connectivity index (χ0n) is 14.8. The van der Waals surface area contributed by atoms with Crippen LogP contribution in [0.5, 0.6) is 0 Å². The van der Waals surface area contributed by atoms with Gasteiger partial charge < -0.3 is 15.0 Å². The summed E-state index contributed by atoms with van der Waals surface area (Å²) in [5.74, 6) is 0.116. The van der Waals surface area contributed by atoms with Crippen molar-refractivity contribution >= 4 is 12.0 Å². The summed E-state index contributed by atoms with van der Waals surface area (Å²) < 4.78 is 5.30. The molecule has 0 saturated carbocycles. The number of amides is 2. The van der Waals surface area contributed by atoms with Gasteiger partial charge in [0.15, 0.2) is 0 Å². The van der Waals surface area contributed by atoms with Crippen LogP contribution in [0.2, 0.25) is 0 Å². The SMILES string of the molecule is CC[C@H](C)[C@H](NC(=O)OC(C)(C)C)C(=O)N1CCCCCC1. The molecular formula is C17H32N2O3. The summed E-state index contributed by atoms with van der Waals surface area (Å²) in [7, 11) is 0. The van der Waals surface area contributed by atoms with Crippen molar-refractivity contribution in [2.75, 3.05) is 13.1 Å². The summed E-state index contributed by atoms with van der Waals surface area (Å²) in [4.78, 5) is 26.8. The number of carbonyl (C=O) groups is 2. The van der Waals surface area contributed by atoms with Crippen LogP contribution in [0.25, 0.3) is 0 Å². The Morgan fingerprint density at radius 2 is 1.68 bits per heavy atom. The number of ether oxygens (including phenoxy) is 1. The first kappa shape index (κ1) is 18.8. The van der Waals surface area contributed by atoms with Crippen molar-refractivity contribution in [2.45, 2.75) is 78.4 Å². The lowest BCUT2D eigenvalue weighted by molar-refractivity contribution is -0.134. The van der Waals surface area contributed by atoms with E-state index in [4.69, 9.17) is 4.74 Å². The van der Waals surface area contributed by atoms with E-state index in [1.54, 1.807) is 0 Å². The van der Waals surface area contributed by atoms with Gasteiger partial charge in [-0.1, -0.05) is 33.1 Å². The number of nitrogens with one attached hydrogen (secondary N) is 1. The van der Waals surface area contributed by atoms with Crippen molar-refractivity contribution < 1.29 is 14.3 Å². The zero-order chi connectivity index (χ0) is 16.8. The van der Waals surface area contributed by atoms with Gasteiger partial charge in [0.05, 0.1) is 0 Å². The van der Waals surface area contributed by atoms with Crippen LogP contribution in [0, 0.1) is 5.92 Å². The maximum Gasteiger partial charge on any atom is 0.408 e. The minimum absolute atomic E-state index is 0.0297. The topological polar surface area (TPSA) is 58.6 Å². The Labute approximate surface area is 134 Å². The van der Waals surface area contributed by atoms with Gasteiger partial charge in [0.2, 0.25) is 5.91 Å². The standard InChI is InChI=1S/C17H32N2O3/c1-6-13(2)14(18-16(21)22-17(3,4)5)15(20)19-11-9-7-8-10-12-19/h13-14H,6-12H2,1-5H3,(H,18,21)/t13-,14-/m0/s1. The molecule has 0 aromatic rings. The van der Waals surface area contributed by atoms with Gasteiger partial charge in [0, 0.05) is 13.1 Å². The van der Waals surface area contributed by atoms with E-state index in [2.05, 4.69) is 5.32 Å². The molecule has 128 valence electrons. The van der Waals surface area contributed by atoms with E-state index in [0.717, 1.165) is 32.4 Å². The Morgan fingerprint density at radius 1 is 1.14 bits per heavy atom. The van der Waals surface area contributed by atoms with Gasteiger partial charge >= 0.3 is 6.09 Å². The summed E-state index contributed by atoms with van der Waals surface area (Å²) in [5.41, 5.74) is -0.560. The molecule has 0 spiro atoms. The maximum absolute atomic E-state index is 12.8. The van der Waals surface area contributed by atoms with Crippen LogP contribution >= 0.6 is 0 Å². The van der Waals surface area contributed by atoms with Crippen molar-refractivity contribution in [3.63, 3.8) is 0 Å². The Morgan fingerprint density at radius 3 is 2.14 bits per heavy atom. The molecule has 5 nitrogen and oxygen atoms in total. The predicted molar refractivity (Wildman–Crippen MR) is 87.7 cm³/mol. The summed E-state index contributed by atoms with van der Waals surface area (Å²) in [5, 5.41) is 2.79. The molecule has 1 heterocycles. The second-order valence-electron chi connectivity index (χ2n) is 7.25. The highest BCUT2D eigenvalue weighted by Gasteiger charge is 2.31. The van der Waals surface area contributed by atoms with Crippen LogP contribution in [0.1, 0.15) is 66.7 Å². The van der Waals surface area contributed by atoms with Crippen LogP contribution < -0.4 is 5.32 Å². The van der Waals surface area contributed by atoms with Gasteiger partial charge in [0.25, 0.3) is 0 Å². The third-order valence-electron chi connectivity index (χ3n) is 4.07. The van der Waals surface area contributed by atoms with Gasteiger partial charge in [-0.3, -0.25) is 4.79 Å². The van der Waals surface area contributed by atoms with Crippen LogP contribution in [-0.4, -0.2) is 41.6 Å². The Kier molecular flexibility index (Phi) is 7.17. The highest BCUT2D eigenvalue weighted by molar-refractivity contribution is 5.86. The second-order valence-corrected chi connectivity index (χ2v) is 7.25. The summed E-state index contributed by atoms with van der Waals surface area (Å²) in [6, 6.07) is -0.502. The molecule has 1 saturated heterocycles. The van der Waals surface area contributed by atoms with Crippen molar-refractivity contribution in [1.82, 2.24) is 10.2 Å². The smallest absolute Gasteiger partial charge is 0.408 e. The first-order chi connectivity index (χ1) is 10.2. The van der Waals surface area contributed by atoms with E-state index < -0.39 is 17.7 Å². The van der Waals surface area contributed by atoms with Crippen molar-refractivity contribution in [3.8, 4) is 0 Å². The molecule has 0 aromatic heterocycles. The van der Waals surface area contributed by atoms with E-state index in [-0.39, 0.29) is 11.8 Å². The van der Waals surface area contributed by atoms with E-state index in [1.807, 2.05) is 39.5 Å². The monoisotopic (exact) mass is 312 g/mol. The highest BCUT2D eigenvalue weighted by atomic mass is 16.6. The minimum Gasteiger partial charge on any atom is -0.444 e. The van der Waals surface area contributed by atoms with E-state index in [9.17, 15) is 9.59 Å². The van der Waals surface area contributed by atoms with E-state index in [1.165, 1.54) is 12.8 Å². The molecule has 22 heavy (non-hydrogen) atoms. The molecule has 0 unspecified atom stereocenters. The number of carbonyl (C=O) groups excluding carboxylic acids is 2. The van der Waals surface area contributed by atoms with Crippen molar-refractivity contribution in [2.24, 2.45) is 5.92 Å². The zero-order valence-corrected chi connectivity index (χ0v) is 14.8. The fourth-order valence-electron chi connectivity index (χ4n) is 2.61. The number of rotatable bonds is 4. The van der Waals surface area contributed by atoms with Gasteiger partial charge in [-0.15, -0.1) is 0 Å². The molecule has 1 fully saturated rings. The second kappa shape index (κ2) is 8.39. The molecule has 2 amide bonds. The number of hydrogen-bond donors (Lipinski definition) is 1. The van der Waals surface area contributed by atoms with Gasteiger partial charge in [-0.05, 0) is 39.5 Å². The lowest BCUT2D eigenvalue weighted by Gasteiger charge is -2.30. The average molecular weight is 312 g/mol. The normalized spacial score (nSPS) is 19.0. The third-order valence-corrected chi connectivity index (χ3v) is 4.07. The number of alkyl carbamates (subject to hydrolysis) is 1. The van der Waals surface area contributed by atoms with Gasteiger partial charge in [0.1, 0.15) is 11.6 Å². The minimum atomic E-state index is -0.560. The van der Waals surface area contributed by atoms with Crippen molar-refractivity contribution in [1.29, 1.82) is 0 Å². The van der Waals surface area contributed by atoms with Gasteiger partial charge in [-0.2, -0.15) is 0 Å². The Hall–Kier alpha value is -1.26. The van der Waals surface area contributed by atoms with Gasteiger partial charge in [-0.25, -0.2) is 4.79 Å². The largest absolute Gasteiger partial charge is 0.444 e.